The van der Waals surface area contributed by atoms with Gasteiger partial charge >= 0.3 is 0 Å². The number of rotatable bonds is 6. The van der Waals surface area contributed by atoms with Crippen molar-refractivity contribution in [2.45, 2.75) is 39.0 Å². The Hall–Kier alpha value is 0.220. The van der Waals surface area contributed by atoms with E-state index in [2.05, 4.69) is 35.0 Å². The largest absolute Gasteiger partial charge is 0.0925 e. The average Bonchev–Trinajstić information content (AvgIpc) is 1.97. The molecule has 0 bridgehead atoms. The van der Waals surface area contributed by atoms with Crippen molar-refractivity contribution >= 4 is 15.9 Å². The smallest absolute Gasteiger partial charge is 0.00659 e. The van der Waals surface area contributed by atoms with Gasteiger partial charge in [-0.05, 0) is 19.3 Å². The van der Waals surface area contributed by atoms with Crippen LogP contribution in [0.15, 0.2) is 12.2 Å². The lowest BCUT2D eigenvalue weighted by atomic mass is 10.2. The Morgan fingerprint density at radius 3 is 2.40 bits per heavy atom. The molecular formula is C9H17Br. The quantitative estimate of drug-likeness (QED) is 0.350. The van der Waals surface area contributed by atoms with E-state index >= 15 is 0 Å². The number of halogens is 1. The summed E-state index contributed by atoms with van der Waals surface area (Å²) in [7, 11) is 0. The molecule has 10 heavy (non-hydrogen) atoms. The van der Waals surface area contributed by atoms with Crippen LogP contribution in [0.3, 0.4) is 0 Å². The summed E-state index contributed by atoms with van der Waals surface area (Å²) in [6.07, 6.45) is 11.0. The van der Waals surface area contributed by atoms with E-state index in [1.165, 1.54) is 32.1 Å². The van der Waals surface area contributed by atoms with Crippen molar-refractivity contribution in [3.05, 3.63) is 12.2 Å². The highest BCUT2D eigenvalue weighted by molar-refractivity contribution is 9.09. The molecule has 0 N–H and O–H groups in total. The molecule has 0 aromatic carbocycles. The second-order valence-corrected chi connectivity index (χ2v) is 3.24. The second-order valence-electron chi connectivity index (χ2n) is 2.44. The minimum Gasteiger partial charge on any atom is -0.0925 e. The molecule has 0 fully saturated rings. The first-order valence-corrected chi connectivity index (χ1v) is 5.25. The van der Waals surface area contributed by atoms with Crippen molar-refractivity contribution < 1.29 is 0 Å². The summed E-state index contributed by atoms with van der Waals surface area (Å²) in [5.41, 5.74) is 0. The van der Waals surface area contributed by atoms with Crippen LogP contribution in [-0.2, 0) is 0 Å². The fraction of sp³-hybridized carbons (Fsp3) is 0.778. The van der Waals surface area contributed by atoms with Crippen LogP contribution in [0.2, 0.25) is 0 Å². The van der Waals surface area contributed by atoms with Crippen molar-refractivity contribution in [1.82, 2.24) is 0 Å². The van der Waals surface area contributed by atoms with E-state index in [0.29, 0.717) is 0 Å². The topological polar surface area (TPSA) is 0 Å². The van der Waals surface area contributed by atoms with Gasteiger partial charge in [-0.1, -0.05) is 47.8 Å². The lowest BCUT2D eigenvalue weighted by Crippen LogP contribution is -1.71. The molecule has 0 heterocycles. The Kier molecular flexibility index (Phi) is 9.42. The summed E-state index contributed by atoms with van der Waals surface area (Å²) in [5.74, 6) is 0. The van der Waals surface area contributed by atoms with E-state index in [0.717, 1.165) is 5.33 Å². The van der Waals surface area contributed by atoms with Gasteiger partial charge in [0.15, 0.2) is 0 Å². The van der Waals surface area contributed by atoms with Gasteiger partial charge in [0.05, 0.1) is 0 Å². The monoisotopic (exact) mass is 204 g/mol. The lowest BCUT2D eigenvalue weighted by Gasteiger charge is -1.90. The first kappa shape index (κ1) is 10.2. The maximum absolute atomic E-state index is 3.38. The molecule has 0 saturated carbocycles. The predicted octanol–water partition coefficient (Wildman–Crippen LogP) is 3.91. The molecule has 0 saturated heterocycles. The molecule has 1 heteroatoms. The Labute approximate surface area is 72.8 Å². The summed E-state index contributed by atoms with van der Waals surface area (Å²) in [5, 5.41) is 1.09. The average molecular weight is 205 g/mol. The van der Waals surface area contributed by atoms with Gasteiger partial charge in [0.1, 0.15) is 0 Å². The summed E-state index contributed by atoms with van der Waals surface area (Å²) < 4.78 is 0. The van der Waals surface area contributed by atoms with E-state index in [1.54, 1.807) is 0 Å². The third-order valence-electron chi connectivity index (χ3n) is 1.42. The van der Waals surface area contributed by atoms with Crippen LogP contribution in [-0.4, -0.2) is 5.33 Å². The standard InChI is InChI=1S/C9H17Br/c1-2-3-4-5-6-7-8-9-10/h6-7H,2-5,8-9H2,1H3/b7-6-. The zero-order valence-electron chi connectivity index (χ0n) is 6.78. The molecule has 0 aliphatic heterocycles. The molecule has 0 aliphatic rings. The highest BCUT2D eigenvalue weighted by atomic mass is 79.9. The van der Waals surface area contributed by atoms with Crippen LogP contribution >= 0.6 is 15.9 Å². The molecule has 0 rings (SSSR count). The Morgan fingerprint density at radius 1 is 1.10 bits per heavy atom. The van der Waals surface area contributed by atoms with Crippen molar-refractivity contribution in [2.75, 3.05) is 5.33 Å². The van der Waals surface area contributed by atoms with Gasteiger partial charge in [-0.3, -0.25) is 0 Å². The maximum Gasteiger partial charge on any atom is 0.00659 e. The molecular weight excluding hydrogens is 188 g/mol. The van der Waals surface area contributed by atoms with Crippen LogP contribution < -0.4 is 0 Å². The fourth-order valence-corrected chi connectivity index (χ4v) is 1.08. The second kappa shape index (κ2) is 9.22. The number of hydrogen-bond acceptors (Lipinski definition) is 0. The van der Waals surface area contributed by atoms with Crippen molar-refractivity contribution in [3.8, 4) is 0 Å². The van der Waals surface area contributed by atoms with E-state index in [1.807, 2.05) is 0 Å². The number of unbranched alkanes of at least 4 members (excludes halogenated alkanes) is 3. The molecule has 0 amide bonds. The Morgan fingerprint density at radius 2 is 1.80 bits per heavy atom. The van der Waals surface area contributed by atoms with Gasteiger partial charge in [-0.25, -0.2) is 0 Å². The molecule has 60 valence electrons. The normalized spacial score (nSPS) is 11.0. The Bertz CT molecular complexity index is 76.8. The molecule has 0 unspecified atom stereocenters. The van der Waals surface area contributed by atoms with E-state index in [-0.39, 0.29) is 0 Å². The first-order chi connectivity index (χ1) is 4.91. The zero-order valence-corrected chi connectivity index (χ0v) is 8.36. The number of hydrogen-bond donors (Lipinski definition) is 0. The van der Waals surface area contributed by atoms with Crippen molar-refractivity contribution in [3.63, 3.8) is 0 Å². The molecule has 0 spiro atoms. The zero-order chi connectivity index (χ0) is 7.66. The van der Waals surface area contributed by atoms with E-state index in [9.17, 15) is 0 Å². The minimum absolute atomic E-state index is 1.09. The van der Waals surface area contributed by atoms with Gasteiger partial charge < -0.3 is 0 Å². The van der Waals surface area contributed by atoms with Crippen LogP contribution in [0.4, 0.5) is 0 Å². The van der Waals surface area contributed by atoms with Gasteiger partial charge in [-0.2, -0.15) is 0 Å². The number of alkyl halides is 1. The summed E-state index contributed by atoms with van der Waals surface area (Å²) >= 11 is 3.38. The van der Waals surface area contributed by atoms with Gasteiger partial charge in [0.2, 0.25) is 0 Å². The third kappa shape index (κ3) is 8.22. The highest BCUT2D eigenvalue weighted by Gasteiger charge is 1.80. The third-order valence-corrected chi connectivity index (χ3v) is 1.87. The van der Waals surface area contributed by atoms with E-state index in [4.69, 9.17) is 0 Å². The number of allylic oxidation sites excluding steroid dienone is 2. The van der Waals surface area contributed by atoms with Crippen molar-refractivity contribution in [1.29, 1.82) is 0 Å². The molecule has 0 aromatic heterocycles. The van der Waals surface area contributed by atoms with Gasteiger partial charge in [0, 0.05) is 5.33 Å². The minimum atomic E-state index is 1.09. The lowest BCUT2D eigenvalue weighted by molar-refractivity contribution is 0.728. The molecule has 0 aliphatic carbocycles. The van der Waals surface area contributed by atoms with E-state index < -0.39 is 0 Å². The summed E-state index contributed by atoms with van der Waals surface area (Å²) in [6.45, 7) is 2.24. The van der Waals surface area contributed by atoms with Crippen molar-refractivity contribution in [2.24, 2.45) is 0 Å². The molecule has 0 nitrogen and oxygen atoms in total. The molecule has 0 radical (unpaired) electrons. The van der Waals surface area contributed by atoms with Crippen LogP contribution in [0.25, 0.3) is 0 Å². The molecule has 0 aromatic rings. The predicted molar refractivity (Wildman–Crippen MR) is 51.7 cm³/mol. The SMILES string of the molecule is CCCCC/C=C\CCBr. The Balaban J connectivity index is 2.88. The summed E-state index contributed by atoms with van der Waals surface area (Å²) in [4.78, 5) is 0. The molecule has 0 atom stereocenters. The first-order valence-electron chi connectivity index (χ1n) is 4.12. The summed E-state index contributed by atoms with van der Waals surface area (Å²) in [6, 6.07) is 0. The van der Waals surface area contributed by atoms with Crippen LogP contribution in [0.5, 0.6) is 0 Å². The fourth-order valence-electron chi connectivity index (χ4n) is 0.811. The van der Waals surface area contributed by atoms with Crippen LogP contribution in [0.1, 0.15) is 39.0 Å². The maximum atomic E-state index is 3.38. The van der Waals surface area contributed by atoms with Gasteiger partial charge in [-0.15, -0.1) is 0 Å². The highest BCUT2D eigenvalue weighted by Crippen LogP contribution is 2.00. The van der Waals surface area contributed by atoms with Crippen LogP contribution in [0, 0.1) is 0 Å². The van der Waals surface area contributed by atoms with Gasteiger partial charge in [0.25, 0.3) is 0 Å².